The first kappa shape index (κ1) is 20.4. The summed E-state index contributed by atoms with van der Waals surface area (Å²) in [6, 6.07) is 25.3. The average molecular weight is 425 g/mol. The monoisotopic (exact) mass is 424 g/mol. The molecule has 2 heterocycles. The third kappa shape index (κ3) is 3.77. The molecular weight excluding hydrogens is 396 g/mol. The van der Waals surface area contributed by atoms with Gasteiger partial charge in [-0.25, -0.2) is 5.01 Å². The molecule has 2 aliphatic heterocycles. The van der Waals surface area contributed by atoms with Gasteiger partial charge in [0.1, 0.15) is 18.1 Å². The van der Waals surface area contributed by atoms with E-state index in [1.807, 2.05) is 18.2 Å². The Morgan fingerprint density at radius 1 is 1.06 bits per heavy atom. The van der Waals surface area contributed by atoms with Crippen LogP contribution in [0.5, 0.6) is 11.5 Å². The van der Waals surface area contributed by atoms with Gasteiger partial charge >= 0.3 is 0 Å². The first-order valence-electron chi connectivity index (χ1n) is 11.2. The first-order valence-corrected chi connectivity index (χ1v) is 11.2. The van der Waals surface area contributed by atoms with Gasteiger partial charge < -0.3 is 9.47 Å². The number of hydrazone groups is 1. The predicted octanol–water partition coefficient (Wildman–Crippen LogP) is 6.62. The van der Waals surface area contributed by atoms with Crippen molar-refractivity contribution in [1.82, 2.24) is 5.01 Å². The van der Waals surface area contributed by atoms with Crippen molar-refractivity contribution in [2.75, 3.05) is 6.61 Å². The Labute approximate surface area is 189 Å². The normalized spacial score (nSPS) is 19.1. The van der Waals surface area contributed by atoms with E-state index in [1.54, 1.807) is 6.08 Å². The molecule has 0 aromatic heterocycles. The zero-order chi connectivity index (χ0) is 22.1. The van der Waals surface area contributed by atoms with Gasteiger partial charge in [-0.1, -0.05) is 69.0 Å². The molecule has 0 bridgehead atoms. The van der Waals surface area contributed by atoms with Crippen LogP contribution in [0.1, 0.15) is 60.7 Å². The van der Waals surface area contributed by atoms with Crippen LogP contribution in [0.3, 0.4) is 0 Å². The van der Waals surface area contributed by atoms with Crippen molar-refractivity contribution in [2.45, 2.75) is 38.5 Å². The summed E-state index contributed by atoms with van der Waals surface area (Å²) < 4.78 is 12.1. The molecule has 4 heteroatoms. The third-order valence-corrected chi connectivity index (χ3v) is 6.14. The van der Waals surface area contributed by atoms with E-state index in [2.05, 4.69) is 80.0 Å². The maximum atomic E-state index is 6.47. The van der Waals surface area contributed by atoms with E-state index in [0.29, 0.717) is 12.5 Å². The second kappa shape index (κ2) is 8.54. The van der Waals surface area contributed by atoms with Gasteiger partial charge in [-0.05, 0) is 47.4 Å². The molecule has 0 amide bonds. The number of benzene rings is 3. The highest BCUT2D eigenvalue weighted by molar-refractivity contribution is 6.02. The summed E-state index contributed by atoms with van der Waals surface area (Å²) >= 11 is 0. The SMILES string of the molecule is C=CCOc1ccc(C2=NN3[C@H](C2)c2ccccc2O[C@H]3c2ccc(C(C)C)cc2)cc1. The number of para-hydroxylation sites is 1. The van der Waals surface area contributed by atoms with Crippen molar-refractivity contribution in [3.63, 3.8) is 0 Å². The fourth-order valence-corrected chi connectivity index (χ4v) is 4.37. The molecule has 0 unspecified atom stereocenters. The molecule has 0 radical (unpaired) electrons. The fraction of sp³-hybridized carbons (Fsp3) is 0.250. The van der Waals surface area contributed by atoms with Gasteiger partial charge in [0.05, 0.1) is 11.8 Å². The highest BCUT2D eigenvalue weighted by Gasteiger charge is 2.40. The van der Waals surface area contributed by atoms with Gasteiger partial charge in [0.25, 0.3) is 0 Å². The lowest BCUT2D eigenvalue weighted by atomic mass is 9.95. The lowest BCUT2D eigenvalue weighted by molar-refractivity contribution is -0.0190. The highest BCUT2D eigenvalue weighted by Crippen LogP contribution is 2.47. The molecule has 3 aromatic rings. The summed E-state index contributed by atoms with van der Waals surface area (Å²) in [6.07, 6.45) is 2.34. The van der Waals surface area contributed by atoms with Crippen molar-refractivity contribution in [3.05, 3.63) is 108 Å². The summed E-state index contributed by atoms with van der Waals surface area (Å²) in [5.74, 6) is 2.28. The Bertz CT molecular complexity index is 1130. The van der Waals surface area contributed by atoms with Crippen LogP contribution in [-0.4, -0.2) is 17.3 Å². The maximum absolute atomic E-state index is 6.47. The van der Waals surface area contributed by atoms with E-state index < -0.39 is 0 Å². The minimum Gasteiger partial charge on any atom is -0.490 e. The van der Waals surface area contributed by atoms with E-state index in [-0.39, 0.29) is 12.3 Å². The summed E-state index contributed by atoms with van der Waals surface area (Å²) in [7, 11) is 0. The minimum atomic E-state index is -0.246. The first-order chi connectivity index (χ1) is 15.6. The van der Waals surface area contributed by atoms with Crippen molar-refractivity contribution in [1.29, 1.82) is 0 Å². The van der Waals surface area contributed by atoms with Crippen molar-refractivity contribution in [2.24, 2.45) is 5.10 Å². The third-order valence-electron chi connectivity index (χ3n) is 6.14. The van der Waals surface area contributed by atoms with Crippen LogP contribution in [0, 0.1) is 0 Å². The molecule has 2 aliphatic rings. The molecule has 0 N–H and O–H groups in total. The van der Waals surface area contributed by atoms with Crippen LogP contribution in [0.2, 0.25) is 0 Å². The lowest BCUT2D eigenvalue weighted by Gasteiger charge is -2.38. The van der Waals surface area contributed by atoms with Gasteiger partial charge in [0.15, 0.2) is 0 Å². The quantitative estimate of drug-likeness (QED) is 0.417. The summed E-state index contributed by atoms with van der Waals surface area (Å²) in [6.45, 7) is 8.62. The number of hydrogen-bond acceptors (Lipinski definition) is 4. The van der Waals surface area contributed by atoms with Gasteiger partial charge in [-0.3, -0.25) is 0 Å². The van der Waals surface area contributed by atoms with Crippen molar-refractivity contribution < 1.29 is 9.47 Å². The highest BCUT2D eigenvalue weighted by atomic mass is 16.5. The largest absolute Gasteiger partial charge is 0.490 e. The molecule has 2 atom stereocenters. The molecule has 0 saturated heterocycles. The maximum Gasteiger partial charge on any atom is 0.213 e. The van der Waals surface area contributed by atoms with Gasteiger partial charge in [0, 0.05) is 17.5 Å². The van der Waals surface area contributed by atoms with Gasteiger partial charge in [-0.2, -0.15) is 5.10 Å². The standard InChI is InChI=1S/C28H28N2O2/c1-4-17-31-23-15-13-21(14-16-23)25-18-26-24-7-5-6-8-27(24)32-28(30(26)29-25)22-11-9-20(10-12-22)19(2)3/h4-16,19,26,28H,1,17-18H2,2-3H3/t26-,28+/m1/s1. The summed E-state index contributed by atoms with van der Waals surface area (Å²) in [5, 5.41) is 7.18. The van der Waals surface area contributed by atoms with E-state index >= 15 is 0 Å². The topological polar surface area (TPSA) is 34.1 Å². The lowest BCUT2D eigenvalue weighted by Crippen LogP contribution is -2.33. The zero-order valence-electron chi connectivity index (χ0n) is 18.6. The molecular formula is C28H28N2O2. The number of ether oxygens (including phenoxy) is 2. The zero-order valence-corrected chi connectivity index (χ0v) is 18.6. The van der Waals surface area contributed by atoms with Crippen LogP contribution in [0.4, 0.5) is 0 Å². The van der Waals surface area contributed by atoms with Crippen molar-refractivity contribution in [3.8, 4) is 11.5 Å². The summed E-state index contributed by atoms with van der Waals surface area (Å²) in [4.78, 5) is 0. The van der Waals surface area contributed by atoms with Crippen molar-refractivity contribution >= 4 is 5.71 Å². The van der Waals surface area contributed by atoms with E-state index in [4.69, 9.17) is 14.6 Å². The molecule has 0 aliphatic carbocycles. The average Bonchev–Trinajstić information content (AvgIpc) is 3.28. The van der Waals surface area contributed by atoms with Crippen LogP contribution in [-0.2, 0) is 0 Å². The molecule has 0 saturated carbocycles. The Balaban J connectivity index is 1.48. The second-order valence-electron chi connectivity index (χ2n) is 8.60. The predicted molar refractivity (Wildman–Crippen MR) is 128 cm³/mol. The molecule has 32 heavy (non-hydrogen) atoms. The molecule has 0 spiro atoms. The minimum absolute atomic E-state index is 0.154. The Kier molecular flexibility index (Phi) is 5.44. The van der Waals surface area contributed by atoms with E-state index in [0.717, 1.165) is 34.8 Å². The number of rotatable bonds is 6. The van der Waals surface area contributed by atoms with E-state index in [9.17, 15) is 0 Å². The molecule has 5 rings (SSSR count). The smallest absolute Gasteiger partial charge is 0.213 e. The van der Waals surface area contributed by atoms with Gasteiger partial charge in [0.2, 0.25) is 6.23 Å². The molecule has 3 aromatic carbocycles. The Morgan fingerprint density at radius 3 is 2.53 bits per heavy atom. The Hall–Kier alpha value is -3.53. The summed E-state index contributed by atoms with van der Waals surface area (Å²) in [5.41, 5.74) is 5.80. The van der Waals surface area contributed by atoms with Crippen LogP contribution < -0.4 is 9.47 Å². The number of nitrogens with zero attached hydrogens (tertiary/aromatic N) is 2. The fourth-order valence-electron chi connectivity index (χ4n) is 4.37. The molecule has 0 fully saturated rings. The van der Waals surface area contributed by atoms with Crippen LogP contribution >= 0.6 is 0 Å². The number of hydrogen-bond donors (Lipinski definition) is 0. The van der Waals surface area contributed by atoms with Crippen LogP contribution in [0.25, 0.3) is 0 Å². The van der Waals surface area contributed by atoms with Crippen LogP contribution in [0.15, 0.2) is 90.6 Å². The Morgan fingerprint density at radius 2 is 1.81 bits per heavy atom. The number of fused-ring (bicyclic) bond motifs is 3. The second-order valence-corrected chi connectivity index (χ2v) is 8.60. The molecule has 4 nitrogen and oxygen atoms in total. The van der Waals surface area contributed by atoms with Gasteiger partial charge in [-0.15, -0.1) is 0 Å². The van der Waals surface area contributed by atoms with E-state index in [1.165, 1.54) is 11.1 Å². The molecule has 162 valence electrons.